The largest absolute Gasteiger partial charge is 0.264 e. The molecule has 0 unspecified atom stereocenters. The van der Waals surface area contributed by atoms with Crippen LogP contribution in [0.3, 0.4) is 0 Å². The SMILES string of the molecule is N#CC(C#N)=NCc1ccc2sc(-c3cccnc3)nc2c1. The zero-order valence-corrected chi connectivity index (χ0v) is 12.2. The first-order valence-electron chi connectivity index (χ1n) is 6.44. The van der Waals surface area contributed by atoms with Crippen LogP contribution in [-0.4, -0.2) is 15.7 Å². The van der Waals surface area contributed by atoms with E-state index >= 15 is 0 Å². The molecule has 0 aliphatic rings. The molecule has 104 valence electrons. The highest BCUT2D eigenvalue weighted by molar-refractivity contribution is 7.21. The molecule has 0 radical (unpaired) electrons. The summed E-state index contributed by atoms with van der Waals surface area (Å²) in [5.41, 5.74) is 2.67. The third-order valence-electron chi connectivity index (χ3n) is 2.99. The molecule has 0 saturated carbocycles. The minimum Gasteiger partial charge on any atom is -0.264 e. The molecule has 0 bridgehead atoms. The second-order valence-electron chi connectivity index (χ2n) is 4.45. The van der Waals surface area contributed by atoms with Crippen LogP contribution in [0.1, 0.15) is 5.56 Å². The molecule has 0 aliphatic heterocycles. The van der Waals surface area contributed by atoms with E-state index in [-0.39, 0.29) is 5.71 Å². The Morgan fingerprint density at radius 3 is 2.82 bits per heavy atom. The van der Waals surface area contributed by atoms with Gasteiger partial charge in [-0.25, -0.2) is 4.98 Å². The Kier molecular flexibility index (Phi) is 3.86. The van der Waals surface area contributed by atoms with Gasteiger partial charge in [0.2, 0.25) is 5.71 Å². The molecule has 0 aliphatic carbocycles. The number of aromatic nitrogens is 2. The maximum absolute atomic E-state index is 8.69. The van der Waals surface area contributed by atoms with Crippen LogP contribution in [0, 0.1) is 22.7 Å². The quantitative estimate of drug-likeness (QED) is 0.694. The molecule has 2 aromatic heterocycles. The molecule has 0 saturated heterocycles. The van der Waals surface area contributed by atoms with E-state index in [9.17, 15) is 0 Å². The van der Waals surface area contributed by atoms with Crippen molar-refractivity contribution in [1.82, 2.24) is 9.97 Å². The first-order chi connectivity index (χ1) is 10.8. The van der Waals surface area contributed by atoms with Crippen LogP contribution >= 0.6 is 11.3 Å². The second-order valence-corrected chi connectivity index (χ2v) is 5.48. The van der Waals surface area contributed by atoms with Gasteiger partial charge in [0, 0.05) is 18.0 Å². The fourth-order valence-electron chi connectivity index (χ4n) is 1.95. The average molecular weight is 303 g/mol. The molecule has 2 heterocycles. The molecule has 3 rings (SSSR count). The van der Waals surface area contributed by atoms with Crippen molar-refractivity contribution in [2.24, 2.45) is 4.99 Å². The Morgan fingerprint density at radius 2 is 2.09 bits per heavy atom. The number of hydrogen-bond acceptors (Lipinski definition) is 6. The van der Waals surface area contributed by atoms with Gasteiger partial charge in [0.15, 0.2) is 0 Å². The Hall–Kier alpha value is -3.09. The summed E-state index contributed by atoms with van der Waals surface area (Å²) in [6.07, 6.45) is 3.52. The molecule has 0 amide bonds. The van der Waals surface area contributed by atoms with Crippen LogP contribution in [0.15, 0.2) is 47.7 Å². The number of thiazole rings is 1. The number of rotatable bonds is 3. The van der Waals surface area contributed by atoms with Crippen LogP contribution in [0.25, 0.3) is 20.8 Å². The van der Waals surface area contributed by atoms with Gasteiger partial charge in [-0.1, -0.05) is 6.07 Å². The highest BCUT2D eigenvalue weighted by Crippen LogP contribution is 2.30. The summed E-state index contributed by atoms with van der Waals surface area (Å²) in [6.45, 7) is 0.298. The Labute approximate surface area is 130 Å². The molecule has 0 atom stereocenters. The molecule has 0 N–H and O–H groups in total. The minimum absolute atomic E-state index is 0.116. The monoisotopic (exact) mass is 303 g/mol. The van der Waals surface area contributed by atoms with Gasteiger partial charge in [-0.2, -0.15) is 10.5 Å². The molecule has 0 spiro atoms. The lowest BCUT2D eigenvalue weighted by Crippen LogP contribution is -1.90. The van der Waals surface area contributed by atoms with Gasteiger partial charge >= 0.3 is 0 Å². The van der Waals surface area contributed by atoms with Crippen LogP contribution in [0.5, 0.6) is 0 Å². The lowest BCUT2D eigenvalue weighted by molar-refractivity contribution is 1.08. The van der Waals surface area contributed by atoms with E-state index in [1.165, 1.54) is 0 Å². The first kappa shape index (κ1) is 13.9. The van der Waals surface area contributed by atoms with Crippen molar-refractivity contribution in [1.29, 1.82) is 10.5 Å². The predicted octanol–water partition coefficient (Wildman–Crippen LogP) is 3.35. The van der Waals surface area contributed by atoms with E-state index in [2.05, 4.69) is 15.0 Å². The Morgan fingerprint density at radius 1 is 1.23 bits per heavy atom. The lowest BCUT2D eigenvalue weighted by atomic mass is 10.2. The molecule has 3 aromatic rings. The van der Waals surface area contributed by atoms with E-state index in [4.69, 9.17) is 10.5 Å². The summed E-state index contributed by atoms with van der Waals surface area (Å²) in [5.74, 6) is 0. The topological polar surface area (TPSA) is 85.7 Å². The smallest absolute Gasteiger partial charge is 0.213 e. The zero-order chi connectivity index (χ0) is 15.4. The van der Waals surface area contributed by atoms with E-state index < -0.39 is 0 Å². The summed E-state index contributed by atoms with van der Waals surface area (Å²) < 4.78 is 1.08. The minimum atomic E-state index is -0.116. The Balaban J connectivity index is 1.93. The van der Waals surface area contributed by atoms with Gasteiger partial charge in [-0.3, -0.25) is 9.98 Å². The van der Waals surface area contributed by atoms with E-state index in [1.54, 1.807) is 35.9 Å². The van der Waals surface area contributed by atoms with Gasteiger partial charge in [0.1, 0.15) is 17.1 Å². The number of aliphatic imine (C=N–C) groups is 1. The summed E-state index contributed by atoms with van der Waals surface area (Å²) in [5, 5.41) is 18.3. The molecule has 5 nitrogen and oxygen atoms in total. The molecule has 1 aromatic carbocycles. The van der Waals surface area contributed by atoms with Crippen molar-refractivity contribution in [2.75, 3.05) is 0 Å². The van der Waals surface area contributed by atoms with E-state index in [1.807, 2.05) is 30.3 Å². The standard InChI is InChI=1S/C16H9N5S/c17-7-13(8-18)20-9-11-3-4-15-14(6-11)21-16(22-15)12-2-1-5-19-10-12/h1-6,10H,9H2. The highest BCUT2D eigenvalue weighted by Gasteiger charge is 2.07. The summed E-state index contributed by atoms with van der Waals surface area (Å²) in [7, 11) is 0. The maximum atomic E-state index is 8.69. The third-order valence-corrected chi connectivity index (χ3v) is 4.08. The van der Waals surface area contributed by atoms with Crippen molar-refractivity contribution in [3.63, 3.8) is 0 Å². The number of hydrogen-bond donors (Lipinski definition) is 0. The number of benzene rings is 1. The second kappa shape index (κ2) is 6.13. The van der Waals surface area contributed by atoms with Crippen LogP contribution < -0.4 is 0 Å². The average Bonchev–Trinajstić information content (AvgIpc) is 3.00. The van der Waals surface area contributed by atoms with E-state index in [0.29, 0.717) is 6.54 Å². The van der Waals surface area contributed by atoms with E-state index in [0.717, 1.165) is 26.4 Å². The fourth-order valence-corrected chi connectivity index (χ4v) is 2.89. The molecular formula is C16H9N5S. The van der Waals surface area contributed by atoms with Crippen molar-refractivity contribution in [2.45, 2.75) is 6.54 Å². The summed E-state index contributed by atoms with van der Waals surface area (Å²) in [6, 6.07) is 13.2. The highest BCUT2D eigenvalue weighted by atomic mass is 32.1. The van der Waals surface area contributed by atoms with Gasteiger partial charge in [0.05, 0.1) is 16.8 Å². The lowest BCUT2D eigenvalue weighted by Gasteiger charge is -1.95. The van der Waals surface area contributed by atoms with Crippen molar-refractivity contribution < 1.29 is 0 Å². The number of fused-ring (bicyclic) bond motifs is 1. The van der Waals surface area contributed by atoms with Gasteiger partial charge in [-0.05, 0) is 29.8 Å². The van der Waals surface area contributed by atoms with Crippen molar-refractivity contribution in [3.8, 4) is 22.7 Å². The van der Waals surface area contributed by atoms with Crippen molar-refractivity contribution >= 4 is 27.3 Å². The zero-order valence-electron chi connectivity index (χ0n) is 11.4. The Bertz CT molecular complexity index is 913. The summed E-state index contributed by atoms with van der Waals surface area (Å²) in [4.78, 5) is 12.7. The predicted molar refractivity (Wildman–Crippen MR) is 85.2 cm³/mol. The molecular weight excluding hydrogens is 294 g/mol. The normalized spacial score (nSPS) is 9.91. The molecule has 0 fully saturated rings. The van der Waals surface area contributed by atoms with Gasteiger partial charge in [0.25, 0.3) is 0 Å². The first-order valence-corrected chi connectivity index (χ1v) is 7.26. The van der Waals surface area contributed by atoms with Crippen LogP contribution in [-0.2, 0) is 6.54 Å². The fraction of sp³-hybridized carbons (Fsp3) is 0.0625. The number of nitrogens with zero attached hydrogens (tertiary/aromatic N) is 5. The third kappa shape index (κ3) is 2.83. The maximum Gasteiger partial charge on any atom is 0.213 e. The van der Waals surface area contributed by atoms with Crippen molar-refractivity contribution in [3.05, 3.63) is 48.3 Å². The van der Waals surface area contributed by atoms with Crippen LogP contribution in [0.4, 0.5) is 0 Å². The summed E-state index contributed by atoms with van der Waals surface area (Å²) >= 11 is 1.60. The van der Waals surface area contributed by atoms with Gasteiger partial charge in [-0.15, -0.1) is 11.3 Å². The number of nitriles is 2. The molecule has 6 heteroatoms. The van der Waals surface area contributed by atoms with Crippen LogP contribution in [0.2, 0.25) is 0 Å². The molecule has 22 heavy (non-hydrogen) atoms. The number of pyridine rings is 1. The van der Waals surface area contributed by atoms with Gasteiger partial charge < -0.3 is 0 Å².